The number of alkyl halides is 1. The van der Waals surface area contributed by atoms with E-state index >= 15 is 0 Å². The maximum Gasteiger partial charge on any atom is 0.251 e. The van der Waals surface area contributed by atoms with Gasteiger partial charge in [0.1, 0.15) is 0 Å². The lowest BCUT2D eigenvalue weighted by Gasteiger charge is -2.22. The molecule has 1 rings (SSSR count). The average Bonchev–Trinajstić information content (AvgIpc) is 2.24. The highest BCUT2D eigenvalue weighted by atomic mass is 79.9. The van der Waals surface area contributed by atoms with Gasteiger partial charge in [-0.05, 0) is 30.9 Å². The maximum absolute atomic E-state index is 11.9. The van der Waals surface area contributed by atoms with Crippen molar-refractivity contribution >= 4 is 21.8 Å². The molecule has 0 fully saturated rings. The molecule has 0 saturated carbocycles. The van der Waals surface area contributed by atoms with E-state index in [0.717, 1.165) is 17.5 Å². The van der Waals surface area contributed by atoms with Crippen LogP contribution >= 0.6 is 15.9 Å². The molecule has 2 nitrogen and oxygen atoms in total. The third kappa shape index (κ3) is 5.67. The number of rotatable bonds is 4. The Morgan fingerprint density at radius 1 is 1.28 bits per heavy atom. The Labute approximate surface area is 118 Å². The quantitative estimate of drug-likeness (QED) is 0.839. The van der Waals surface area contributed by atoms with Gasteiger partial charge in [0.15, 0.2) is 0 Å². The zero-order valence-corrected chi connectivity index (χ0v) is 13.2. The monoisotopic (exact) mass is 311 g/mol. The standard InChI is InChI=1S/C15H22BrNO/c1-11-5-7-12(8-6-11)14(18)17-10-13(16)9-15(2,3)4/h5-8,13H,9-10H2,1-4H3,(H,17,18). The fourth-order valence-corrected chi connectivity index (χ4v) is 2.88. The van der Waals surface area contributed by atoms with Crippen molar-refractivity contribution < 1.29 is 4.79 Å². The third-order valence-electron chi connectivity index (χ3n) is 2.63. The molecule has 0 aliphatic carbocycles. The van der Waals surface area contributed by atoms with Crippen LogP contribution in [0.2, 0.25) is 0 Å². The lowest BCUT2D eigenvalue weighted by atomic mass is 9.90. The van der Waals surface area contributed by atoms with Crippen molar-refractivity contribution in [2.24, 2.45) is 5.41 Å². The van der Waals surface area contributed by atoms with Crippen molar-refractivity contribution in [3.8, 4) is 0 Å². The number of nitrogens with one attached hydrogen (secondary N) is 1. The molecule has 1 unspecified atom stereocenters. The Morgan fingerprint density at radius 2 is 1.83 bits per heavy atom. The maximum atomic E-state index is 11.9. The number of aryl methyl sites for hydroxylation is 1. The molecule has 1 aromatic carbocycles. The number of hydrogen-bond donors (Lipinski definition) is 1. The molecule has 1 N–H and O–H groups in total. The smallest absolute Gasteiger partial charge is 0.251 e. The summed E-state index contributed by atoms with van der Waals surface area (Å²) in [5.41, 5.74) is 2.15. The fourth-order valence-electron chi connectivity index (χ4n) is 1.75. The minimum absolute atomic E-state index is 0.00615. The van der Waals surface area contributed by atoms with E-state index in [2.05, 4.69) is 42.0 Å². The number of benzene rings is 1. The number of halogens is 1. The second kappa shape index (κ2) is 6.37. The van der Waals surface area contributed by atoms with Crippen LogP contribution in [-0.2, 0) is 0 Å². The van der Waals surface area contributed by atoms with E-state index < -0.39 is 0 Å². The molecule has 0 heterocycles. The van der Waals surface area contributed by atoms with E-state index in [1.54, 1.807) is 0 Å². The van der Waals surface area contributed by atoms with Gasteiger partial charge >= 0.3 is 0 Å². The van der Waals surface area contributed by atoms with E-state index in [1.807, 2.05) is 31.2 Å². The predicted octanol–water partition coefficient (Wildman–Crippen LogP) is 3.92. The summed E-state index contributed by atoms with van der Waals surface area (Å²) in [6.07, 6.45) is 1.03. The minimum Gasteiger partial charge on any atom is -0.351 e. The van der Waals surface area contributed by atoms with E-state index in [0.29, 0.717) is 11.4 Å². The van der Waals surface area contributed by atoms with Gasteiger partial charge in [-0.15, -0.1) is 0 Å². The van der Waals surface area contributed by atoms with Crippen LogP contribution in [0.5, 0.6) is 0 Å². The Morgan fingerprint density at radius 3 is 2.33 bits per heavy atom. The second-order valence-corrected chi connectivity index (χ2v) is 7.23. The molecule has 0 aliphatic rings. The number of carbonyl (C=O) groups is 1. The highest BCUT2D eigenvalue weighted by Gasteiger charge is 2.17. The number of amides is 1. The van der Waals surface area contributed by atoms with Crippen LogP contribution in [-0.4, -0.2) is 17.3 Å². The molecule has 18 heavy (non-hydrogen) atoms. The molecule has 1 atom stereocenters. The molecular weight excluding hydrogens is 290 g/mol. The summed E-state index contributed by atoms with van der Waals surface area (Å²) >= 11 is 3.61. The number of carbonyl (C=O) groups excluding carboxylic acids is 1. The van der Waals surface area contributed by atoms with Crippen LogP contribution in [0.4, 0.5) is 0 Å². The van der Waals surface area contributed by atoms with Gasteiger partial charge in [0.25, 0.3) is 5.91 Å². The van der Waals surface area contributed by atoms with Crippen LogP contribution in [0.3, 0.4) is 0 Å². The summed E-state index contributed by atoms with van der Waals surface area (Å²) in [5.74, 6) is -0.00615. The number of hydrogen-bond acceptors (Lipinski definition) is 1. The molecule has 100 valence electrons. The predicted molar refractivity (Wildman–Crippen MR) is 80.3 cm³/mol. The molecular formula is C15H22BrNO. The Balaban J connectivity index is 2.44. The third-order valence-corrected chi connectivity index (χ3v) is 3.28. The fraction of sp³-hybridized carbons (Fsp3) is 0.533. The first-order valence-electron chi connectivity index (χ1n) is 6.27. The SMILES string of the molecule is Cc1ccc(C(=O)NCC(Br)CC(C)(C)C)cc1. The van der Waals surface area contributed by atoms with Gasteiger partial charge in [0.05, 0.1) is 0 Å². The van der Waals surface area contributed by atoms with Crippen molar-refractivity contribution in [3.63, 3.8) is 0 Å². The zero-order valence-electron chi connectivity index (χ0n) is 11.6. The summed E-state index contributed by atoms with van der Waals surface area (Å²) in [5, 5.41) is 2.95. The van der Waals surface area contributed by atoms with Crippen molar-refractivity contribution in [1.82, 2.24) is 5.32 Å². The zero-order chi connectivity index (χ0) is 13.8. The van der Waals surface area contributed by atoms with Crippen molar-refractivity contribution in [3.05, 3.63) is 35.4 Å². The van der Waals surface area contributed by atoms with Crippen LogP contribution < -0.4 is 5.32 Å². The Kier molecular flexibility index (Phi) is 5.39. The van der Waals surface area contributed by atoms with Crippen LogP contribution in [0.15, 0.2) is 24.3 Å². The van der Waals surface area contributed by atoms with Gasteiger partial charge < -0.3 is 5.32 Å². The second-order valence-electron chi connectivity index (χ2n) is 5.94. The highest BCUT2D eigenvalue weighted by Crippen LogP contribution is 2.24. The highest BCUT2D eigenvalue weighted by molar-refractivity contribution is 9.09. The lowest BCUT2D eigenvalue weighted by molar-refractivity contribution is 0.0952. The molecule has 1 aromatic rings. The molecule has 0 aliphatic heterocycles. The van der Waals surface area contributed by atoms with Gasteiger partial charge in [-0.1, -0.05) is 54.4 Å². The van der Waals surface area contributed by atoms with Crippen molar-refractivity contribution in [1.29, 1.82) is 0 Å². The topological polar surface area (TPSA) is 29.1 Å². The molecule has 0 bridgehead atoms. The van der Waals surface area contributed by atoms with E-state index in [1.165, 1.54) is 0 Å². The summed E-state index contributed by atoms with van der Waals surface area (Å²) in [7, 11) is 0. The largest absolute Gasteiger partial charge is 0.351 e. The summed E-state index contributed by atoms with van der Waals surface area (Å²) < 4.78 is 0. The molecule has 3 heteroatoms. The van der Waals surface area contributed by atoms with Gasteiger partial charge in [0, 0.05) is 16.9 Å². The van der Waals surface area contributed by atoms with Gasteiger partial charge in [-0.25, -0.2) is 0 Å². The normalized spacial score (nSPS) is 13.2. The Bertz CT molecular complexity index is 392. The average molecular weight is 312 g/mol. The molecule has 0 aromatic heterocycles. The van der Waals surface area contributed by atoms with Crippen molar-refractivity contribution in [2.75, 3.05) is 6.54 Å². The van der Waals surface area contributed by atoms with E-state index in [-0.39, 0.29) is 11.3 Å². The van der Waals surface area contributed by atoms with Crippen LogP contribution in [0.25, 0.3) is 0 Å². The summed E-state index contributed by atoms with van der Waals surface area (Å²) in [6.45, 7) is 9.26. The van der Waals surface area contributed by atoms with Crippen molar-refractivity contribution in [2.45, 2.75) is 38.9 Å². The molecule has 0 saturated heterocycles. The first-order chi connectivity index (χ1) is 8.28. The van der Waals surface area contributed by atoms with Crippen LogP contribution in [0, 0.1) is 12.3 Å². The van der Waals surface area contributed by atoms with Gasteiger partial charge in [-0.2, -0.15) is 0 Å². The first-order valence-corrected chi connectivity index (χ1v) is 7.18. The Hall–Kier alpha value is -0.830. The summed E-state index contributed by atoms with van der Waals surface area (Å²) in [4.78, 5) is 12.2. The molecule has 0 radical (unpaired) electrons. The first kappa shape index (κ1) is 15.2. The molecule has 1 amide bonds. The lowest BCUT2D eigenvalue weighted by Crippen LogP contribution is -2.31. The molecule has 0 spiro atoms. The van der Waals surface area contributed by atoms with Crippen LogP contribution in [0.1, 0.15) is 43.1 Å². The minimum atomic E-state index is -0.00615. The summed E-state index contributed by atoms with van der Waals surface area (Å²) in [6, 6.07) is 7.63. The van der Waals surface area contributed by atoms with E-state index in [9.17, 15) is 4.79 Å². The van der Waals surface area contributed by atoms with Gasteiger partial charge in [0.2, 0.25) is 0 Å². The van der Waals surface area contributed by atoms with Gasteiger partial charge in [-0.3, -0.25) is 4.79 Å². The van der Waals surface area contributed by atoms with E-state index in [4.69, 9.17) is 0 Å².